The van der Waals surface area contributed by atoms with Gasteiger partial charge in [-0.3, -0.25) is 4.79 Å². The Bertz CT molecular complexity index is 631. The first kappa shape index (κ1) is 12.9. The van der Waals surface area contributed by atoms with Crippen LogP contribution in [0.3, 0.4) is 0 Å². The second-order valence-electron chi connectivity index (χ2n) is 4.67. The average molecular weight is 291 g/mol. The lowest BCUT2D eigenvalue weighted by molar-refractivity contribution is 0.0661. The molecule has 0 saturated heterocycles. The molecule has 0 aliphatic heterocycles. The summed E-state index contributed by atoms with van der Waals surface area (Å²) < 4.78 is 0. The van der Waals surface area contributed by atoms with Gasteiger partial charge in [0.05, 0.1) is 12.9 Å². The van der Waals surface area contributed by atoms with Crippen LogP contribution in [0.1, 0.15) is 38.7 Å². The third-order valence-corrected chi connectivity index (χ3v) is 4.07. The van der Waals surface area contributed by atoms with Crippen LogP contribution in [0.2, 0.25) is 0 Å². The first-order valence-electron chi connectivity index (χ1n) is 6.27. The van der Waals surface area contributed by atoms with Crippen LogP contribution in [-0.2, 0) is 6.54 Å². The van der Waals surface area contributed by atoms with Crippen LogP contribution in [0.4, 0.5) is 0 Å². The molecule has 1 amide bonds. The van der Waals surface area contributed by atoms with Gasteiger partial charge >= 0.3 is 5.97 Å². The Morgan fingerprint density at radius 3 is 2.90 bits per heavy atom. The van der Waals surface area contributed by atoms with Gasteiger partial charge in [-0.2, -0.15) is 0 Å². The minimum atomic E-state index is -1.17. The number of hydrogen-bond donors (Lipinski definition) is 2. The summed E-state index contributed by atoms with van der Waals surface area (Å²) in [7, 11) is 0. The van der Waals surface area contributed by atoms with Crippen molar-refractivity contribution >= 4 is 23.2 Å². The van der Waals surface area contributed by atoms with Crippen molar-refractivity contribution < 1.29 is 14.7 Å². The molecule has 6 nitrogen and oxygen atoms in total. The van der Waals surface area contributed by atoms with Crippen molar-refractivity contribution in [1.29, 1.82) is 0 Å². The topological polar surface area (TPSA) is 86.3 Å². The lowest BCUT2D eigenvalue weighted by Gasteiger charge is -2.21. The molecule has 0 spiro atoms. The summed E-state index contributed by atoms with van der Waals surface area (Å²) in [6, 6.07) is 4.10. The highest BCUT2D eigenvalue weighted by atomic mass is 32.1. The molecule has 3 rings (SSSR count). The number of imidazole rings is 1. The van der Waals surface area contributed by atoms with Gasteiger partial charge in [0.2, 0.25) is 0 Å². The van der Waals surface area contributed by atoms with Gasteiger partial charge in [0, 0.05) is 10.9 Å². The first-order valence-corrected chi connectivity index (χ1v) is 7.15. The number of aromatic amines is 1. The van der Waals surface area contributed by atoms with E-state index in [0.29, 0.717) is 6.54 Å². The molecule has 0 bridgehead atoms. The number of nitrogens with one attached hydrogen (secondary N) is 1. The number of hydrogen-bond acceptors (Lipinski definition) is 4. The molecule has 1 saturated carbocycles. The van der Waals surface area contributed by atoms with Crippen molar-refractivity contribution in [3.8, 4) is 0 Å². The van der Waals surface area contributed by atoms with Gasteiger partial charge in [-0.1, -0.05) is 6.07 Å². The summed E-state index contributed by atoms with van der Waals surface area (Å²) in [5.41, 5.74) is -0.159. The second-order valence-corrected chi connectivity index (χ2v) is 5.71. The van der Waals surface area contributed by atoms with Crippen LogP contribution in [0.15, 0.2) is 23.8 Å². The summed E-state index contributed by atoms with van der Waals surface area (Å²) >= 11 is 1.58. The Kier molecular flexibility index (Phi) is 3.27. The normalized spacial score (nSPS) is 14.2. The Hall–Kier alpha value is -2.15. The van der Waals surface area contributed by atoms with E-state index in [4.69, 9.17) is 5.11 Å². The zero-order valence-electron chi connectivity index (χ0n) is 10.6. The molecule has 0 atom stereocenters. The van der Waals surface area contributed by atoms with Crippen molar-refractivity contribution in [3.63, 3.8) is 0 Å². The molecular formula is C13H13N3O3S. The fraction of sp³-hybridized carbons (Fsp3) is 0.308. The number of amides is 1. The highest BCUT2D eigenvalue weighted by Gasteiger charge is 2.35. The summed E-state index contributed by atoms with van der Waals surface area (Å²) in [6.07, 6.45) is 3.17. The SMILES string of the molecule is O=C(O)c1[nH]cnc1C(=O)N(Cc1cccs1)C1CC1. The van der Waals surface area contributed by atoms with E-state index in [0.717, 1.165) is 17.7 Å². The third kappa shape index (κ3) is 2.44. The zero-order chi connectivity index (χ0) is 14.1. The minimum absolute atomic E-state index is 0.0130. The lowest BCUT2D eigenvalue weighted by Crippen LogP contribution is -2.33. The second kappa shape index (κ2) is 5.09. The number of H-pyrrole nitrogens is 1. The molecule has 2 aromatic heterocycles. The molecule has 20 heavy (non-hydrogen) atoms. The molecular weight excluding hydrogens is 278 g/mol. The van der Waals surface area contributed by atoms with Crippen LogP contribution >= 0.6 is 11.3 Å². The van der Waals surface area contributed by atoms with E-state index in [1.54, 1.807) is 16.2 Å². The Balaban J connectivity index is 1.85. The number of aromatic nitrogens is 2. The van der Waals surface area contributed by atoms with Crippen LogP contribution in [0.5, 0.6) is 0 Å². The number of thiophene rings is 1. The maximum atomic E-state index is 12.5. The van der Waals surface area contributed by atoms with Gasteiger partial charge in [-0.25, -0.2) is 9.78 Å². The van der Waals surface area contributed by atoms with Crippen LogP contribution < -0.4 is 0 Å². The number of carboxylic acid groups (broad SMARTS) is 1. The Morgan fingerprint density at radius 1 is 1.50 bits per heavy atom. The Labute approximate surface area is 119 Å². The van der Waals surface area contributed by atoms with Crippen LogP contribution in [0, 0.1) is 0 Å². The van der Waals surface area contributed by atoms with Gasteiger partial charge in [0.25, 0.3) is 5.91 Å². The highest BCUT2D eigenvalue weighted by molar-refractivity contribution is 7.09. The number of carbonyl (C=O) groups is 2. The van der Waals surface area contributed by atoms with Crippen molar-refractivity contribution in [2.45, 2.75) is 25.4 Å². The summed E-state index contributed by atoms with van der Waals surface area (Å²) in [4.78, 5) is 32.8. The average Bonchev–Trinajstić information content (AvgIpc) is 2.95. The molecule has 2 N–H and O–H groups in total. The summed E-state index contributed by atoms with van der Waals surface area (Å²) in [5, 5.41) is 11.0. The van der Waals surface area contributed by atoms with Gasteiger partial charge in [0.15, 0.2) is 11.4 Å². The standard InChI is InChI=1S/C13H13N3O3S/c17-12(10-11(13(18)19)15-7-14-10)16(8-3-4-8)6-9-2-1-5-20-9/h1-2,5,7-8H,3-4,6H2,(H,14,15)(H,18,19). The van der Waals surface area contributed by atoms with E-state index < -0.39 is 5.97 Å². The number of nitrogens with zero attached hydrogens (tertiary/aromatic N) is 2. The predicted molar refractivity (Wildman–Crippen MR) is 72.8 cm³/mol. The number of carbonyl (C=O) groups excluding carboxylic acids is 1. The van der Waals surface area contributed by atoms with Crippen LogP contribution in [-0.4, -0.2) is 37.9 Å². The predicted octanol–water partition coefficient (Wildman–Crippen LogP) is 1.97. The molecule has 0 aromatic carbocycles. The molecule has 2 heterocycles. The maximum absolute atomic E-state index is 12.5. The molecule has 1 fully saturated rings. The Morgan fingerprint density at radius 2 is 2.30 bits per heavy atom. The van der Waals surface area contributed by atoms with Crippen molar-refractivity contribution in [2.75, 3.05) is 0 Å². The monoisotopic (exact) mass is 291 g/mol. The smallest absolute Gasteiger partial charge is 0.354 e. The lowest BCUT2D eigenvalue weighted by atomic mass is 10.2. The van der Waals surface area contributed by atoms with Gasteiger partial charge in [-0.05, 0) is 24.3 Å². The molecule has 0 radical (unpaired) electrons. The van der Waals surface area contributed by atoms with E-state index in [1.807, 2.05) is 17.5 Å². The molecule has 104 valence electrons. The molecule has 0 unspecified atom stereocenters. The van der Waals surface area contributed by atoms with Crippen molar-refractivity contribution in [3.05, 3.63) is 40.1 Å². The molecule has 1 aliphatic rings. The van der Waals surface area contributed by atoms with Gasteiger partial charge in [-0.15, -0.1) is 11.3 Å². The van der Waals surface area contributed by atoms with E-state index >= 15 is 0 Å². The van der Waals surface area contributed by atoms with Crippen molar-refractivity contribution in [1.82, 2.24) is 14.9 Å². The third-order valence-electron chi connectivity index (χ3n) is 3.21. The largest absolute Gasteiger partial charge is 0.477 e. The van der Waals surface area contributed by atoms with Crippen molar-refractivity contribution in [2.24, 2.45) is 0 Å². The molecule has 2 aromatic rings. The summed E-state index contributed by atoms with van der Waals surface area (Å²) in [5.74, 6) is -1.49. The fourth-order valence-corrected chi connectivity index (χ4v) is 2.78. The first-order chi connectivity index (χ1) is 9.66. The summed E-state index contributed by atoms with van der Waals surface area (Å²) in [6.45, 7) is 0.507. The van der Waals surface area contributed by atoms with E-state index in [1.165, 1.54) is 6.33 Å². The van der Waals surface area contributed by atoms with E-state index in [-0.39, 0.29) is 23.3 Å². The van der Waals surface area contributed by atoms with Crippen LogP contribution in [0.25, 0.3) is 0 Å². The van der Waals surface area contributed by atoms with Gasteiger partial charge < -0.3 is 15.0 Å². The quantitative estimate of drug-likeness (QED) is 0.882. The fourth-order valence-electron chi connectivity index (χ4n) is 2.08. The number of rotatable bonds is 5. The highest BCUT2D eigenvalue weighted by Crippen LogP contribution is 2.30. The van der Waals surface area contributed by atoms with E-state index in [9.17, 15) is 9.59 Å². The number of carboxylic acids is 1. The minimum Gasteiger partial charge on any atom is -0.477 e. The maximum Gasteiger partial charge on any atom is 0.354 e. The molecule has 7 heteroatoms. The number of aromatic carboxylic acids is 1. The van der Waals surface area contributed by atoms with Gasteiger partial charge in [0.1, 0.15) is 0 Å². The zero-order valence-corrected chi connectivity index (χ0v) is 11.4. The molecule has 1 aliphatic carbocycles. The van der Waals surface area contributed by atoms with E-state index in [2.05, 4.69) is 9.97 Å².